The van der Waals surface area contributed by atoms with Crippen LogP contribution in [0.25, 0.3) is 11.4 Å². The van der Waals surface area contributed by atoms with Crippen molar-refractivity contribution in [1.82, 2.24) is 35.1 Å². The lowest BCUT2D eigenvalue weighted by Gasteiger charge is -2.45. The molecule has 16 nitrogen and oxygen atoms in total. The Labute approximate surface area is 374 Å². The van der Waals surface area contributed by atoms with Gasteiger partial charge in [-0.05, 0) is 105 Å². The molecule has 3 aliphatic heterocycles. The average molecular weight is 880 g/mol. The van der Waals surface area contributed by atoms with Gasteiger partial charge in [0.25, 0.3) is 0 Å². The lowest BCUT2D eigenvalue weighted by Crippen LogP contribution is -2.61. The van der Waals surface area contributed by atoms with Crippen LogP contribution in [0.3, 0.4) is 0 Å². The Kier molecular flexibility index (Phi) is 23.6. The molecule has 0 radical (unpaired) electrons. The molecule has 5 heterocycles. The quantitative estimate of drug-likeness (QED) is 0.133. The number of aliphatic hydroxyl groups is 1. The standard InChI is InChI=1S/C41H65N7O9.5CH4/c1-11-33-41(7)36(48(39(52)57-41)19-15-14-18-47-24-30(44-45-47)29-16-12-13-17-42-29)28(5)43-23-25(2)22-40(6,53-10)34(21-32(49)27(4)37(51)55-33)56-38-35(50)31(46(8)9)20-26(3)54-38;;;;;/h12-13,16-17,24-28,31,33-36,38,43,50H,11,14-15,18-23H2,1-10H3;5*1H4/t25-,26?,27-,28-,31?,33-,34-,35?,36-,38+,40+,41-;;;;;/m1...../s1. The summed E-state index contributed by atoms with van der Waals surface area (Å²) in [5.74, 6) is -2.26. The van der Waals surface area contributed by atoms with Gasteiger partial charge in [-0.15, -0.1) is 5.10 Å². The molecule has 358 valence electrons. The van der Waals surface area contributed by atoms with E-state index in [0.29, 0.717) is 51.0 Å². The topological polar surface area (TPSA) is 180 Å². The molecular weight excluding hydrogens is 795 g/mol. The van der Waals surface area contributed by atoms with Crippen molar-refractivity contribution in [1.29, 1.82) is 0 Å². The molecule has 2 aromatic rings. The number of fused-ring (bicyclic) bond motifs is 1. The third kappa shape index (κ3) is 13.3. The fourth-order valence-corrected chi connectivity index (χ4v) is 8.75. The van der Waals surface area contributed by atoms with E-state index < -0.39 is 65.6 Å². The van der Waals surface area contributed by atoms with E-state index in [4.69, 9.17) is 23.7 Å². The highest BCUT2D eigenvalue weighted by Gasteiger charge is 2.58. The van der Waals surface area contributed by atoms with Crippen molar-refractivity contribution in [2.75, 3.05) is 34.3 Å². The van der Waals surface area contributed by atoms with Gasteiger partial charge in [0.1, 0.15) is 29.6 Å². The number of nitrogens with zero attached hydrogens (tertiary/aromatic N) is 6. The van der Waals surface area contributed by atoms with Crippen LogP contribution in [0.2, 0.25) is 0 Å². The predicted molar refractivity (Wildman–Crippen MR) is 244 cm³/mol. The molecule has 3 aliphatic rings. The summed E-state index contributed by atoms with van der Waals surface area (Å²) in [5.41, 5.74) is -0.795. The van der Waals surface area contributed by atoms with Crippen molar-refractivity contribution in [2.24, 2.45) is 11.8 Å². The van der Waals surface area contributed by atoms with E-state index in [-0.39, 0.29) is 67.7 Å². The van der Waals surface area contributed by atoms with Gasteiger partial charge in [0.15, 0.2) is 11.9 Å². The maximum absolute atomic E-state index is 14.0. The van der Waals surface area contributed by atoms with Gasteiger partial charge in [0.2, 0.25) is 0 Å². The lowest BCUT2D eigenvalue weighted by atomic mass is 9.83. The number of cyclic esters (lactones) is 1. The summed E-state index contributed by atoms with van der Waals surface area (Å²) in [6, 6.07) is 4.63. The van der Waals surface area contributed by atoms with Gasteiger partial charge in [-0.1, -0.05) is 62.3 Å². The first-order valence-corrected chi connectivity index (χ1v) is 20.5. The van der Waals surface area contributed by atoms with Crippen LogP contribution in [0.5, 0.6) is 0 Å². The molecule has 62 heavy (non-hydrogen) atoms. The molecule has 2 aromatic heterocycles. The van der Waals surface area contributed by atoms with Gasteiger partial charge in [-0.3, -0.25) is 24.2 Å². The summed E-state index contributed by atoms with van der Waals surface area (Å²) >= 11 is 0. The van der Waals surface area contributed by atoms with Crippen LogP contribution in [0.15, 0.2) is 30.6 Å². The number of rotatable bonds is 11. The minimum atomic E-state index is -1.22. The average Bonchev–Trinajstić information content (AvgIpc) is 3.76. The number of ketones is 1. The van der Waals surface area contributed by atoms with Crippen molar-refractivity contribution in [2.45, 2.75) is 191 Å². The number of esters is 1. The van der Waals surface area contributed by atoms with Crippen LogP contribution in [-0.2, 0) is 39.8 Å². The number of carbonyl (C=O) groups is 3. The zero-order valence-corrected chi connectivity index (χ0v) is 35.4. The Morgan fingerprint density at radius 1 is 1.00 bits per heavy atom. The third-order valence-corrected chi connectivity index (χ3v) is 12.2. The number of hydrogen-bond donors (Lipinski definition) is 2. The monoisotopic (exact) mass is 880 g/mol. The van der Waals surface area contributed by atoms with E-state index in [0.717, 1.165) is 12.1 Å². The van der Waals surface area contributed by atoms with Crippen molar-refractivity contribution in [3.63, 3.8) is 0 Å². The second-order valence-corrected chi connectivity index (χ2v) is 16.9. The fourth-order valence-electron chi connectivity index (χ4n) is 8.75. The van der Waals surface area contributed by atoms with Crippen LogP contribution in [0, 0.1) is 11.8 Å². The summed E-state index contributed by atoms with van der Waals surface area (Å²) in [5, 5.41) is 23.5. The van der Waals surface area contributed by atoms with Crippen LogP contribution < -0.4 is 5.32 Å². The number of aryl methyl sites for hydroxylation is 1. The van der Waals surface area contributed by atoms with Crippen molar-refractivity contribution >= 4 is 17.8 Å². The number of pyridine rings is 1. The van der Waals surface area contributed by atoms with Gasteiger partial charge in [-0.2, -0.15) is 0 Å². The van der Waals surface area contributed by atoms with E-state index >= 15 is 0 Å². The molecular formula is C46H85N7O9. The lowest BCUT2D eigenvalue weighted by molar-refractivity contribution is -0.289. The predicted octanol–water partition coefficient (Wildman–Crippen LogP) is 7.03. The highest BCUT2D eigenvalue weighted by Crippen LogP contribution is 2.39. The van der Waals surface area contributed by atoms with Crippen LogP contribution >= 0.6 is 0 Å². The number of methoxy groups -OCH3 is 1. The molecule has 0 bridgehead atoms. The number of Topliss-reactive ketones (excluding diaryl/α,β-unsaturated/α-hetero) is 1. The van der Waals surface area contributed by atoms with Crippen molar-refractivity contribution in [3.05, 3.63) is 30.6 Å². The Bertz CT molecular complexity index is 1650. The number of likely N-dealkylation sites (N-methyl/N-ethyl adjacent to an activating group) is 1. The molecule has 3 fully saturated rings. The molecule has 1 amide bonds. The zero-order valence-electron chi connectivity index (χ0n) is 35.4. The minimum Gasteiger partial charge on any atom is -0.458 e. The van der Waals surface area contributed by atoms with Crippen LogP contribution in [-0.4, -0.2) is 147 Å². The molecule has 0 spiro atoms. The van der Waals surface area contributed by atoms with E-state index in [9.17, 15) is 19.5 Å². The molecule has 12 atom stereocenters. The van der Waals surface area contributed by atoms with Gasteiger partial charge in [-0.25, -0.2) is 4.79 Å². The van der Waals surface area contributed by atoms with Crippen LogP contribution in [0.1, 0.15) is 124 Å². The van der Waals surface area contributed by atoms with E-state index in [1.54, 1.807) is 22.9 Å². The SMILES string of the molecule is C.C.C.C.C.CC[C@H]1OC(=O)[C@H](C)C(=O)C[C@@H](O[C@@H]2OC(C)CC(N(C)C)C2O)[C@@](C)(OC)C[C@@H](C)CN[C@H](C)[C@H]2N(CCCCn3cc(-c4ccccn4)nn3)C(=O)O[C@]12C. The first-order chi connectivity index (χ1) is 27.0. The maximum Gasteiger partial charge on any atom is 0.410 e. The molecule has 5 rings (SSSR count). The molecule has 3 saturated heterocycles. The Morgan fingerprint density at radius 3 is 2.29 bits per heavy atom. The van der Waals surface area contributed by atoms with Gasteiger partial charge in [0, 0.05) is 44.9 Å². The Balaban J connectivity index is 0.00000744. The number of unbranched alkanes of at least 4 members (excludes halogenated alkanes) is 1. The highest BCUT2D eigenvalue weighted by molar-refractivity contribution is 5.99. The second kappa shape index (κ2) is 25.1. The summed E-state index contributed by atoms with van der Waals surface area (Å²) in [6.07, 6.45) is 1.85. The summed E-state index contributed by atoms with van der Waals surface area (Å²) in [6.45, 7) is 14.7. The number of aromatic nitrogens is 4. The summed E-state index contributed by atoms with van der Waals surface area (Å²) in [7, 11) is 5.38. The first-order valence-electron chi connectivity index (χ1n) is 20.5. The summed E-state index contributed by atoms with van der Waals surface area (Å²) < 4.78 is 33.0. The number of carbonyl (C=O) groups excluding carboxylic acids is 3. The first kappa shape index (κ1) is 58.5. The fraction of sp³-hybridized carbons (Fsp3) is 0.783. The van der Waals surface area contributed by atoms with Gasteiger partial charge >= 0.3 is 12.1 Å². The Morgan fingerprint density at radius 2 is 1.68 bits per heavy atom. The van der Waals surface area contributed by atoms with E-state index in [1.165, 1.54) is 6.92 Å². The maximum atomic E-state index is 14.0. The molecule has 2 N–H and O–H groups in total. The van der Waals surface area contributed by atoms with E-state index in [1.807, 2.05) is 78.0 Å². The Hall–Kier alpha value is -3.54. The molecule has 0 aliphatic carbocycles. The van der Waals surface area contributed by atoms with Gasteiger partial charge < -0.3 is 39.0 Å². The van der Waals surface area contributed by atoms with Crippen molar-refractivity contribution < 1.29 is 43.2 Å². The number of hydrogen-bond acceptors (Lipinski definition) is 14. The smallest absolute Gasteiger partial charge is 0.410 e. The van der Waals surface area contributed by atoms with E-state index in [2.05, 4.69) is 27.5 Å². The number of amides is 1. The molecule has 0 saturated carbocycles. The van der Waals surface area contributed by atoms with Crippen LogP contribution in [0.4, 0.5) is 4.79 Å². The van der Waals surface area contributed by atoms with Gasteiger partial charge in [0.05, 0.1) is 35.7 Å². The zero-order chi connectivity index (χ0) is 41.7. The largest absolute Gasteiger partial charge is 0.458 e. The third-order valence-electron chi connectivity index (χ3n) is 12.2. The molecule has 16 heteroatoms. The number of nitrogens with one attached hydrogen (secondary N) is 1. The van der Waals surface area contributed by atoms with Crippen molar-refractivity contribution in [3.8, 4) is 11.4 Å². The number of ether oxygens (including phenoxy) is 5. The summed E-state index contributed by atoms with van der Waals surface area (Å²) in [4.78, 5) is 49.7. The number of aliphatic hydroxyl groups excluding tert-OH is 1. The molecule has 0 aromatic carbocycles. The normalized spacial score (nSPS) is 33.1. The second-order valence-electron chi connectivity index (χ2n) is 16.9. The highest BCUT2D eigenvalue weighted by atomic mass is 16.7. The molecule has 3 unspecified atom stereocenters. The minimum absolute atomic E-state index is 0.